The molecule has 6 heteroatoms. The molecular weight excluding hydrogens is 318 g/mol. The van der Waals surface area contributed by atoms with Gasteiger partial charge in [-0.1, -0.05) is 30.3 Å². The normalized spacial score (nSPS) is 11.6. The van der Waals surface area contributed by atoms with Crippen LogP contribution in [0.4, 0.5) is 10.5 Å². The summed E-state index contributed by atoms with van der Waals surface area (Å²) in [6, 6.07) is 11.5. The highest BCUT2D eigenvalue weighted by Gasteiger charge is 2.14. The van der Waals surface area contributed by atoms with Crippen molar-refractivity contribution in [2.24, 2.45) is 7.05 Å². The first-order valence-electron chi connectivity index (χ1n) is 8.44. The van der Waals surface area contributed by atoms with E-state index in [1.807, 2.05) is 25.1 Å². The average Bonchev–Trinajstić information content (AvgIpc) is 2.94. The standard InChI is InChI=1S/C19H25N3O3/c1-4-25-18(23)17-12-16(13-22(17)3)21-19(24)20-14(2)10-11-15-8-6-5-7-9-15/h5-9,12-14H,4,10-11H2,1-3H3,(H2,20,21,24). The van der Waals surface area contributed by atoms with Crippen LogP contribution in [0, 0.1) is 0 Å². The number of nitrogens with zero attached hydrogens (tertiary/aromatic N) is 1. The minimum atomic E-state index is -0.408. The Morgan fingerprint density at radius 3 is 2.64 bits per heavy atom. The lowest BCUT2D eigenvalue weighted by molar-refractivity contribution is 0.0515. The van der Waals surface area contributed by atoms with E-state index in [2.05, 4.69) is 22.8 Å². The molecule has 2 amide bonds. The summed E-state index contributed by atoms with van der Waals surface area (Å²) in [6.45, 7) is 4.04. The molecule has 1 aromatic heterocycles. The third-order valence-corrected chi connectivity index (χ3v) is 3.83. The summed E-state index contributed by atoms with van der Waals surface area (Å²) in [6.07, 6.45) is 3.43. The van der Waals surface area contributed by atoms with Gasteiger partial charge in [0.2, 0.25) is 0 Å². The van der Waals surface area contributed by atoms with Gasteiger partial charge in [0, 0.05) is 19.3 Å². The lowest BCUT2D eigenvalue weighted by Crippen LogP contribution is -2.36. The number of anilines is 1. The molecule has 2 aromatic rings. The first kappa shape index (κ1) is 18.6. The van der Waals surface area contributed by atoms with E-state index in [4.69, 9.17) is 4.74 Å². The quantitative estimate of drug-likeness (QED) is 0.757. The lowest BCUT2D eigenvalue weighted by atomic mass is 10.1. The van der Waals surface area contributed by atoms with Crippen molar-refractivity contribution in [2.45, 2.75) is 32.7 Å². The number of hydrogen-bond donors (Lipinski definition) is 2. The predicted octanol–water partition coefficient (Wildman–Crippen LogP) is 3.34. The molecule has 0 aliphatic carbocycles. The molecule has 0 radical (unpaired) electrons. The van der Waals surface area contributed by atoms with Gasteiger partial charge >= 0.3 is 12.0 Å². The van der Waals surface area contributed by atoms with Gasteiger partial charge in [-0.3, -0.25) is 0 Å². The summed E-state index contributed by atoms with van der Waals surface area (Å²) in [5.74, 6) is -0.408. The molecule has 0 saturated carbocycles. The molecule has 1 unspecified atom stereocenters. The van der Waals surface area contributed by atoms with Crippen LogP contribution >= 0.6 is 0 Å². The van der Waals surface area contributed by atoms with Crippen LogP contribution in [0.15, 0.2) is 42.6 Å². The van der Waals surface area contributed by atoms with Gasteiger partial charge < -0.3 is 19.9 Å². The second kappa shape index (κ2) is 8.92. The minimum absolute atomic E-state index is 0.0356. The monoisotopic (exact) mass is 343 g/mol. The number of urea groups is 1. The van der Waals surface area contributed by atoms with Crippen molar-refractivity contribution >= 4 is 17.7 Å². The zero-order chi connectivity index (χ0) is 18.2. The van der Waals surface area contributed by atoms with Crippen LogP contribution in [0.2, 0.25) is 0 Å². The van der Waals surface area contributed by atoms with Gasteiger partial charge in [0.1, 0.15) is 5.69 Å². The third-order valence-electron chi connectivity index (χ3n) is 3.83. The van der Waals surface area contributed by atoms with Gasteiger partial charge in [0.05, 0.1) is 12.3 Å². The molecule has 0 aliphatic rings. The lowest BCUT2D eigenvalue weighted by Gasteiger charge is -2.14. The van der Waals surface area contributed by atoms with Crippen LogP contribution in [0.1, 0.15) is 36.3 Å². The third kappa shape index (κ3) is 5.67. The number of aryl methyl sites for hydroxylation is 2. The Balaban J connectivity index is 1.83. The van der Waals surface area contributed by atoms with Gasteiger partial charge in [-0.05, 0) is 38.3 Å². The van der Waals surface area contributed by atoms with Gasteiger partial charge in [-0.25, -0.2) is 9.59 Å². The highest BCUT2D eigenvalue weighted by molar-refractivity contribution is 5.93. The molecule has 2 N–H and O–H groups in total. The Morgan fingerprint density at radius 1 is 1.24 bits per heavy atom. The van der Waals surface area contributed by atoms with E-state index in [1.54, 1.807) is 30.8 Å². The van der Waals surface area contributed by atoms with Crippen LogP contribution in [0.3, 0.4) is 0 Å². The SMILES string of the molecule is CCOC(=O)c1cc(NC(=O)NC(C)CCc2ccccc2)cn1C. The highest BCUT2D eigenvalue weighted by Crippen LogP contribution is 2.14. The van der Waals surface area contributed by atoms with Crippen LogP contribution in [0.25, 0.3) is 0 Å². The summed E-state index contributed by atoms with van der Waals surface area (Å²) in [5.41, 5.74) is 2.20. The number of rotatable bonds is 7. The Hall–Kier alpha value is -2.76. The maximum atomic E-state index is 12.1. The van der Waals surface area contributed by atoms with Crippen molar-refractivity contribution in [3.05, 3.63) is 53.9 Å². The molecule has 0 aliphatic heterocycles. The number of esters is 1. The summed E-state index contributed by atoms with van der Waals surface area (Å²) in [5, 5.41) is 5.66. The summed E-state index contributed by atoms with van der Waals surface area (Å²) >= 11 is 0. The van der Waals surface area contributed by atoms with Gasteiger partial charge in [0.15, 0.2) is 0 Å². The molecule has 1 heterocycles. The van der Waals surface area contributed by atoms with Crippen molar-refractivity contribution in [1.82, 2.24) is 9.88 Å². The number of benzene rings is 1. The van der Waals surface area contributed by atoms with Crippen molar-refractivity contribution < 1.29 is 14.3 Å². The zero-order valence-corrected chi connectivity index (χ0v) is 14.9. The molecule has 6 nitrogen and oxygen atoms in total. The summed E-state index contributed by atoms with van der Waals surface area (Å²) in [4.78, 5) is 23.9. The maximum Gasteiger partial charge on any atom is 0.355 e. The summed E-state index contributed by atoms with van der Waals surface area (Å²) < 4.78 is 6.61. The first-order chi connectivity index (χ1) is 12.0. The number of nitrogens with one attached hydrogen (secondary N) is 2. The van der Waals surface area contributed by atoms with E-state index in [0.717, 1.165) is 12.8 Å². The summed E-state index contributed by atoms with van der Waals surface area (Å²) in [7, 11) is 1.73. The van der Waals surface area contributed by atoms with E-state index in [9.17, 15) is 9.59 Å². The van der Waals surface area contributed by atoms with Gasteiger partial charge in [-0.2, -0.15) is 0 Å². The van der Waals surface area contributed by atoms with E-state index in [-0.39, 0.29) is 12.1 Å². The second-order valence-electron chi connectivity index (χ2n) is 5.97. The van der Waals surface area contributed by atoms with Crippen LogP contribution in [-0.4, -0.2) is 29.2 Å². The topological polar surface area (TPSA) is 72.4 Å². The van der Waals surface area contributed by atoms with Gasteiger partial charge in [0.25, 0.3) is 0 Å². The number of hydrogen-bond acceptors (Lipinski definition) is 3. The predicted molar refractivity (Wildman–Crippen MR) is 97.7 cm³/mol. The smallest absolute Gasteiger partial charge is 0.355 e. The molecule has 0 spiro atoms. The number of carbonyl (C=O) groups is 2. The van der Waals surface area contributed by atoms with E-state index >= 15 is 0 Å². The molecule has 2 rings (SSSR count). The molecule has 1 atom stereocenters. The molecule has 25 heavy (non-hydrogen) atoms. The fraction of sp³-hybridized carbons (Fsp3) is 0.368. The van der Waals surface area contributed by atoms with E-state index < -0.39 is 5.97 Å². The number of aromatic nitrogens is 1. The molecule has 0 fully saturated rings. The van der Waals surface area contributed by atoms with E-state index in [1.165, 1.54) is 5.56 Å². The first-order valence-corrected chi connectivity index (χ1v) is 8.44. The average molecular weight is 343 g/mol. The number of ether oxygens (including phenoxy) is 1. The minimum Gasteiger partial charge on any atom is -0.461 e. The Bertz CT molecular complexity index is 710. The fourth-order valence-corrected chi connectivity index (χ4v) is 2.53. The Kier molecular flexibility index (Phi) is 6.62. The maximum absolute atomic E-state index is 12.1. The number of carbonyl (C=O) groups excluding carboxylic acids is 2. The van der Waals surface area contributed by atoms with Gasteiger partial charge in [-0.15, -0.1) is 0 Å². The molecule has 134 valence electrons. The molecule has 0 bridgehead atoms. The van der Waals surface area contributed by atoms with Crippen LogP contribution < -0.4 is 10.6 Å². The van der Waals surface area contributed by atoms with Crippen molar-refractivity contribution in [3.8, 4) is 0 Å². The van der Waals surface area contributed by atoms with Crippen molar-refractivity contribution in [1.29, 1.82) is 0 Å². The van der Waals surface area contributed by atoms with Crippen molar-refractivity contribution in [2.75, 3.05) is 11.9 Å². The molecule has 1 aromatic carbocycles. The number of amides is 2. The van der Waals surface area contributed by atoms with Crippen molar-refractivity contribution in [3.63, 3.8) is 0 Å². The van der Waals surface area contributed by atoms with Crippen LogP contribution in [-0.2, 0) is 18.2 Å². The fourth-order valence-electron chi connectivity index (χ4n) is 2.53. The largest absolute Gasteiger partial charge is 0.461 e. The molecule has 0 saturated heterocycles. The Labute approximate surface area is 148 Å². The molecular formula is C19H25N3O3. The Morgan fingerprint density at radius 2 is 1.96 bits per heavy atom. The van der Waals surface area contributed by atoms with Crippen LogP contribution in [0.5, 0.6) is 0 Å². The zero-order valence-electron chi connectivity index (χ0n) is 14.9. The second-order valence-corrected chi connectivity index (χ2v) is 5.97. The van der Waals surface area contributed by atoms with E-state index in [0.29, 0.717) is 18.0 Å². The highest BCUT2D eigenvalue weighted by atomic mass is 16.5.